The van der Waals surface area contributed by atoms with Gasteiger partial charge in [0.1, 0.15) is 57.9 Å². The number of benzene rings is 8. The summed E-state index contributed by atoms with van der Waals surface area (Å²) in [7, 11) is 9.87. The summed E-state index contributed by atoms with van der Waals surface area (Å²) in [5.74, 6) is -5.25. The van der Waals surface area contributed by atoms with Crippen LogP contribution in [0.5, 0.6) is 0 Å². The SMILES string of the molecule is CC1(C)OC(=O)N(C2CCC(N)CC2)[C@H]1c1ccccc1.CC1(C)OC(=O)N(C2CCC(Nc3ccc(C#N)c(F)c3N)CC2)[C@H]1c1ccccc1.CC1(C)OC(=O)N(C2CCC(Nc3ccc(C#N)c(F)c3[N+](=O)[O-])CC2)[C@H]1c1ccccc1.CC1(C)OC(=O)N(C2CCC(n3c(=O)[nH]c4c(F)c(C#N)ccc43)CC2)[C@H]1c1ccccc1.N#Cc1ccc(F)c([N+](=O)[O-])c1F.[Cl][Sn][Cl]. The molecule has 37 heteroatoms. The molecule has 134 heavy (non-hydrogen) atoms. The van der Waals surface area contributed by atoms with Gasteiger partial charge in [0.25, 0.3) is 0 Å². The van der Waals surface area contributed by atoms with Crippen LogP contribution in [-0.4, -0.2) is 147 Å². The van der Waals surface area contributed by atoms with Gasteiger partial charge in [-0.25, -0.2) is 32.8 Å². The van der Waals surface area contributed by atoms with Gasteiger partial charge in [0.05, 0.1) is 73.2 Å². The number of anilines is 3. The number of H-pyrrole nitrogens is 1. The molecule has 9 aromatic rings. The standard InChI is InChI=1S/C25H25FN4O3.C24H25FN4O4.C24H27FN4O2.C17H24N2O2.C7H2F2N2O2.2ClH.Sn/c1-25(2)22(15-6-4-3-5-7-15)30(24(32)33-25)18-11-9-17(10-12-18)29-19-13-8-16(14-27)20(26)21(19)28-23(29)31;1-24(2)22(15-6-4-3-5-7-15)28(23(30)33-24)18-11-9-17(10-12-18)27-19-13-8-16(14-26)20(25)21(19)29(31)32;1-24(2)22(15-6-4-3-5-7-15)29(23(30)31-24)18-11-9-17(10-12-18)28-19-13-8-16(14-26)20(25)21(19)27;1-17(2)15(12-6-4-3-5-7-12)19(16(20)21-17)14-10-8-13(18)9-11-14;8-5-2-1-4(3-10)6(9)7(5)11(12)13;;;/h3-8,13,17-18,22H,9-12H2,1-2H3,(H,28,31);3-8,13,17-18,22,27H,9-12H2,1-2H3;3-8,13,17-18,22,28H,9-12,27H2,1-2H3;3-7,13-15H,8-11,18H2,1-2H3;1-2H;2*1H;/q;;;;;;;+2/p-2/t3*17?,18?,22-;13?,14?,15-;;;;/m0000..../s1. The van der Waals surface area contributed by atoms with Crippen molar-refractivity contribution in [3.8, 4) is 24.3 Å². The average molecular weight is 1990 g/mol. The zero-order valence-corrected chi connectivity index (χ0v) is 79.3. The van der Waals surface area contributed by atoms with Gasteiger partial charge >= 0.3 is 78.2 Å². The summed E-state index contributed by atoms with van der Waals surface area (Å²) >= 11 is -0.826. The molecule has 4 saturated heterocycles. The molecule has 29 nitrogen and oxygen atoms in total. The van der Waals surface area contributed by atoms with Gasteiger partial charge in [-0.3, -0.25) is 44.4 Å². The topological polar surface area (TPSA) is 413 Å². The Labute approximate surface area is 789 Å². The summed E-state index contributed by atoms with van der Waals surface area (Å²) in [5.41, 5.74) is 11.3. The zero-order valence-electron chi connectivity index (χ0n) is 74.9. The number of carbonyl (C=O) groups is 4. The van der Waals surface area contributed by atoms with Crippen molar-refractivity contribution in [3.05, 3.63) is 274 Å². The molecule has 17 rings (SSSR count). The Bertz CT molecular complexity index is 6010. The summed E-state index contributed by atoms with van der Waals surface area (Å²) in [6.07, 6.45) is 11.5. The molecule has 0 spiro atoms. The second-order valence-corrected chi connectivity index (χ2v) is 40.5. The first-order chi connectivity index (χ1) is 63.8. The number of nitro groups is 2. The van der Waals surface area contributed by atoms with Crippen LogP contribution < -0.4 is 27.8 Å². The van der Waals surface area contributed by atoms with Crippen molar-refractivity contribution < 1.29 is 69.9 Å². The number of carbonyl (C=O) groups excluding carboxylic acids is 4. The first-order valence-corrected chi connectivity index (χ1v) is 51.3. The Hall–Kier alpha value is -12.7. The predicted octanol–water partition coefficient (Wildman–Crippen LogP) is 21.0. The molecule has 4 amide bonds. The van der Waals surface area contributed by atoms with Crippen molar-refractivity contribution >= 4 is 101 Å². The number of cyclic esters (lactones) is 4. The van der Waals surface area contributed by atoms with E-state index in [9.17, 15) is 66.2 Å². The van der Waals surface area contributed by atoms with Crippen molar-refractivity contribution in [1.82, 2.24) is 29.2 Å². The number of halogens is 7. The number of fused-ring (bicyclic) bond motifs is 1. The second kappa shape index (κ2) is 43.1. The number of hydrogen-bond donors (Lipinski definition) is 5. The van der Waals surface area contributed by atoms with E-state index in [-0.39, 0.29) is 136 Å². The van der Waals surface area contributed by atoms with Gasteiger partial charge in [-0.15, -0.1) is 0 Å². The number of nitro benzene ring substituents is 2. The Morgan fingerprint density at radius 3 is 1.04 bits per heavy atom. The first-order valence-electron chi connectivity index (χ1n) is 44.0. The van der Waals surface area contributed by atoms with Gasteiger partial charge in [0.2, 0.25) is 17.5 Å². The molecule has 1 aromatic heterocycles. The number of imidazole rings is 1. The summed E-state index contributed by atoms with van der Waals surface area (Å²) in [4.78, 5) is 93.2. The molecule has 8 aliphatic rings. The molecule has 0 unspecified atom stereocenters. The van der Waals surface area contributed by atoms with Crippen LogP contribution >= 0.6 is 17.8 Å². The molecule has 0 bridgehead atoms. The van der Waals surface area contributed by atoms with Crippen LogP contribution in [0.1, 0.15) is 233 Å². The molecule has 4 aliphatic carbocycles. The van der Waals surface area contributed by atoms with E-state index in [2.05, 4.69) is 27.8 Å². The molecular formula is C97H103Cl2F5N16O13Sn. The molecule has 8 aromatic carbocycles. The fourth-order valence-electron chi connectivity index (χ4n) is 19.9. The molecule has 702 valence electrons. The number of nitrogens with one attached hydrogen (secondary N) is 3. The molecule has 2 radical (unpaired) electrons. The summed E-state index contributed by atoms with van der Waals surface area (Å²) in [6.45, 7) is 15.6. The Morgan fingerprint density at radius 1 is 0.410 bits per heavy atom. The van der Waals surface area contributed by atoms with Crippen LogP contribution in [-0.2, 0) is 18.9 Å². The van der Waals surface area contributed by atoms with Crippen LogP contribution in [0.25, 0.3) is 11.0 Å². The van der Waals surface area contributed by atoms with Crippen LogP contribution in [0.2, 0.25) is 0 Å². The van der Waals surface area contributed by atoms with Gasteiger partial charge < -0.3 is 46.0 Å². The normalized spacial score (nSPS) is 23.9. The van der Waals surface area contributed by atoms with Gasteiger partial charge in [0, 0.05) is 48.3 Å². The Balaban J connectivity index is 0.000000154. The molecule has 8 fully saturated rings. The summed E-state index contributed by atoms with van der Waals surface area (Å²) < 4.78 is 93.0. The van der Waals surface area contributed by atoms with Crippen LogP contribution in [0.4, 0.5) is 69.6 Å². The van der Waals surface area contributed by atoms with Crippen LogP contribution in [0, 0.1) is 94.6 Å². The maximum absolute atomic E-state index is 14.6. The fourth-order valence-corrected chi connectivity index (χ4v) is 19.9. The van der Waals surface area contributed by atoms with E-state index < -0.39 is 97.2 Å². The summed E-state index contributed by atoms with van der Waals surface area (Å²) in [6, 6.07) is 56.6. The molecule has 4 atom stereocenters. The van der Waals surface area contributed by atoms with Crippen molar-refractivity contribution in [2.75, 3.05) is 16.4 Å². The monoisotopic (exact) mass is 1980 g/mol. The van der Waals surface area contributed by atoms with E-state index in [4.69, 9.17) is 69.3 Å². The van der Waals surface area contributed by atoms with E-state index in [0.29, 0.717) is 68.6 Å². The minimum absolute atomic E-state index is 0.0106. The molecule has 7 N–H and O–H groups in total. The van der Waals surface area contributed by atoms with E-state index in [1.54, 1.807) is 34.9 Å². The Kier molecular flexibility index (Phi) is 32.2. The van der Waals surface area contributed by atoms with Crippen LogP contribution in [0.15, 0.2) is 175 Å². The number of amides is 4. The maximum atomic E-state index is 14.6. The van der Waals surface area contributed by atoms with Gasteiger partial charge in [-0.05, 0) is 229 Å². The number of nitriles is 4. The number of hydrogen-bond acceptors (Lipinski definition) is 21. The van der Waals surface area contributed by atoms with E-state index in [1.165, 1.54) is 30.3 Å². The van der Waals surface area contributed by atoms with E-state index >= 15 is 0 Å². The van der Waals surface area contributed by atoms with Gasteiger partial charge in [-0.1, -0.05) is 121 Å². The number of rotatable bonds is 15. The van der Waals surface area contributed by atoms with E-state index in [0.717, 1.165) is 79.7 Å². The third-order valence-corrected chi connectivity index (χ3v) is 26.0. The second-order valence-electron chi connectivity index (χ2n) is 36.2. The number of aromatic nitrogens is 2. The van der Waals surface area contributed by atoms with E-state index in [1.807, 2.05) is 184 Å². The van der Waals surface area contributed by atoms with Crippen molar-refractivity contribution in [1.29, 1.82) is 21.0 Å². The predicted molar refractivity (Wildman–Crippen MR) is 493 cm³/mol. The quantitative estimate of drug-likeness (QED) is 0.0159. The van der Waals surface area contributed by atoms with Gasteiger partial charge in [0.15, 0.2) is 11.6 Å². The summed E-state index contributed by atoms with van der Waals surface area (Å²) in [5, 5.41) is 63.2. The third kappa shape index (κ3) is 22.0. The zero-order chi connectivity index (χ0) is 97.0. The van der Waals surface area contributed by atoms with Crippen molar-refractivity contribution in [2.45, 2.75) is 253 Å². The first kappa shape index (κ1) is 100. The number of nitrogen functional groups attached to an aromatic ring is 1. The number of aromatic amines is 1. The van der Waals surface area contributed by atoms with Crippen molar-refractivity contribution in [2.24, 2.45) is 5.73 Å². The van der Waals surface area contributed by atoms with Crippen molar-refractivity contribution in [3.63, 3.8) is 0 Å². The Morgan fingerprint density at radius 2 is 0.694 bits per heavy atom. The number of nitrogens with two attached hydrogens (primary N) is 2. The van der Waals surface area contributed by atoms with Crippen LogP contribution in [0.3, 0.4) is 0 Å². The average Bonchev–Trinajstić information content (AvgIpc) is 1.62. The molecule has 4 saturated carbocycles. The third-order valence-electron chi connectivity index (χ3n) is 26.0. The molecule has 4 aliphatic heterocycles. The number of ether oxygens (including phenoxy) is 4. The minimum atomic E-state index is -1.44. The molecular weight excluding hydrogens is 1880 g/mol. The van der Waals surface area contributed by atoms with Gasteiger partial charge in [-0.2, -0.15) is 34.2 Å². The number of nitrogens with zero attached hydrogens (tertiary/aromatic N) is 11. The molecule has 5 heterocycles. The fraction of sp³-hybridized carbons (Fsp3) is 0.412.